The molecule has 0 bridgehead atoms. The number of nitrogens with zero attached hydrogens (tertiary/aromatic N) is 3. The summed E-state index contributed by atoms with van der Waals surface area (Å²) in [5.74, 6) is 1.84. The molecule has 2 aromatic heterocycles. The average molecular weight is 316 g/mol. The third-order valence-corrected chi connectivity index (χ3v) is 6.30. The Labute approximate surface area is 136 Å². The molecule has 2 heterocycles. The molecule has 2 saturated carbocycles. The molecule has 2 aliphatic rings. The SMILES string of the molecule is CN(C)[C@H]1CC[C@H](Nc2ncnc3sc(C4CC4)cc23)CC1. The van der Waals surface area contributed by atoms with Crippen molar-refractivity contribution in [1.82, 2.24) is 14.9 Å². The molecule has 0 saturated heterocycles. The minimum Gasteiger partial charge on any atom is -0.367 e. The van der Waals surface area contributed by atoms with E-state index in [1.165, 1.54) is 48.8 Å². The number of rotatable bonds is 4. The van der Waals surface area contributed by atoms with Crippen LogP contribution < -0.4 is 5.32 Å². The zero-order valence-corrected chi connectivity index (χ0v) is 14.2. The van der Waals surface area contributed by atoms with E-state index in [1.54, 1.807) is 6.33 Å². The average Bonchev–Trinajstić information content (AvgIpc) is 3.27. The quantitative estimate of drug-likeness (QED) is 0.930. The summed E-state index contributed by atoms with van der Waals surface area (Å²) in [6, 6.07) is 3.62. The molecule has 0 spiro atoms. The van der Waals surface area contributed by atoms with Crippen molar-refractivity contribution in [3.63, 3.8) is 0 Å². The van der Waals surface area contributed by atoms with Crippen molar-refractivity contribution < 1.29 is 0 Å². The van der Waals surface area contributed by atoms with Gasteiger partial charge >= 0.3 is 0 Å². The van der Waals surface area contributed by atoms with Gasteiger partial charge in [0, 0.05) is 17.0 Å². The van der Waals surface area contributed by atoms with Crippen molar-refractivity contribution in [2.45, 2.75) is 56.5 Å². The van der Waals surface area contributed by atoms with Crippen LogP contribution >= 0.6 is 11.3 Å². The van der Waals surface area contributed by atoms with Crippen LogP contribution in [0.25, 0.3) is 10.2 Å². The van der Waals surface area contributed by atoms with E-state index in [0.29, 0.717) is 6.04 Å². The second-order valence-electron chi connectivity index (χ2n) is 6.98. The fourth-order valence-electron chi connectivity index (χ4n) is 3.49. The Balaban J connectivity index is 1.50. The first-order valence-corrected chi connectivity index (χ1v) is 9.20. The minimum absolute atomic E-state index is 0.554. The van der Waals surface area contributed by atoms with Gasteiger partial charge in [-0.25, -0.2) is 9.97 Å². The Morgan fingerprint density at radius 1 is 1.09 bits per heavy atom. The summed E-state index contributed by atoms with van der Waals surface area (Å²) in [4.78, 5) is 14.0. The number of aromatic nitrogens is 2. The maximum Gasteiger partial charge on any atom is 0.138 e. The number of thiophene rings is 1. The molecular formula is C17H24N4S. The maximum atomic E-state index is 4.52. The Hall–Kier alpha value is -1.20. The van der Waals surface area contributed by atoms with Crippen LogP contribution in [-0.4, -0.2) is 41.0 Å². The molecule has 118 valence electrons. The highest BCUT2D eigenvalue weighted by Gasteiger charge is 2.27. The van der Waals surface area contributed by atoms with E-state index >= 15 is 0 Å². The van der Waals surface area contributed by atoms with E-state index in [0.717, 1.165) is 22.6 Å². The number of hydrogen-bond acceptors (Lipinski definition) is 5. The van der Waals surface area contributed by atoms with Crippen LogP contribution in [-0.2, 0) is 0 Å². The van der Waals surface area contributed by atoms with Gasteiger partial charge in [0.1, 0.15) is 17.0 Å². The molecule has 0 unspecified atom stereocenters. The van der Waals surface area contributed by atoms with E-state index in [-0.39, 0.29) is 0 Å². The van der Waals surface area contributed by atoms with Crippen molar-refractivity contribution >= 4 is 27.4 Å². The highest BCUT2D eigenvalue weighted by atomic mass is 32.1. The van der Waals surface area contributed by atoms with Gasteiger partial charge in [0.25, 0.3) is 0 Å². The largest absolute Gasteiger partial charge is 0.367 e. The Morgan fingerprint density at radius 2 is 1.86 bits per heavy atom. The molecule has 22 heavy (non-hydrogen) atoms. The maximum absolute atomic E-state index is 4.52. The second-order valence-corrected chi connectivity index (χ2v) is 8.04. The van der Waals surface area contributed by atoms with Crippen molar-refractivity contribution in [2.24, 2.45) is 0 Å². The number of hydrogen-bond donors (Lipinski definition) is 1. The lowest BCUT2D eigenvalue weighted by Crippen LogP contribution is -2.36. The third-order valence-electron chi connectivity index (χ3n) is 5.10. The molecule has 1 N–H and O–H groups in total. The van der Waals surface area contributed by atoms with Gasteiger partial charge in [0.2, 0.25) is 0 Å². The van der Waals surface area contributed by atoms with Gasteiger partial charge in [-0.2, -0.15) is 0 Å². The summed E-state index contributed by atoms with van der Waals surface area (Å²) in [6.07, 6.45) is 9.41. The predicted molar refractivity (Wildman–Crippen MR) is 92.7 cm³/mol. The molecule has 2 aromatic rings. The summed E-state index contributed by atoms with van der Waals surface area (Å²) in [7, 11) is 4.38. The van der Waals surface area contributed by atoms with E-state index in [2.05, 4.69) is 40.3 Å². The highest BCUT2D eigenvalue weighted by molar-refractivity contribution is 7.18. The standard InChI is InChI=1S/C17H24N4S/c1-21(2)13-7-5-12(6-8-13)20-16-14-9-15(11-3-4-11)22-17(14)19-10-18-16/h9-13H,3-8H2,1-2H3,(H,18,19,20)/t12-,13-. The molecule has 2 aliphatic carbocycles. The number of nitrogens with one attached hydrogen (secondary N) is 1. The molecule has 0 atom stereocenters. The number of fused-ring (bicyclic) bond motifs is 1. The normalized spacial score (nSPS) is 25.8. The smallest absolute Gasteiger partial charge is 0.138 e. The first kappa shape index (κ1) is 14.4. The van der Waals surface area contributed by atoms with Crippen molar-refractivity contribution in [2.75, 3.05) is 19.4 Å². The Bertz CT molecular complexity index is 654. The Kier molecular flexibility index (Phi) is 3.78. The molecular weight excluding hydrogens is 292 g/mol. The van der Waals surface area contributed by atoms with Crippen LogP contribution in [0.4, 0.5) is 5.82 Å². The van der Waals surface area contributed by atoms with Gasteiger partial charge in [0.05, 0.1) is 5.39 Å². The van der Waals surface area contributed by atoms with E-state index in [9.17, 15) is 0 Å². The first-order chi connectivity index (χ1) is 10.7. The second kappa shape index (κ2) is 5.78. The lowest BCUT2D eigenvalue weighted by Gasteiger charge is -2.33. The predicted octanol–water partition coefficient (Wildman–Crippen LogP) is 3.85. The fourth-order valence-corrected chi connectivity index (χ4v) is 4.66. The highest BCUT2D eigenvalue weighted by Crippen LogP contribution is 2.45. The van der Waals surface area contributed by atoms with Crippen LogP contribution in [0.1, 0.15) is 49.3 Å². The van der Waals surface area contributed by atoms with Crippen molar-refractivity contribution in [3.8, 4) is 0 Å². The number of anilines is 1. The summed E-state index contributed by atoms with van der Waals surface area (Å²) >= 11 is 1.85. The molecule has 0 aliphatic heterocycles. The van der Waals surface area contributed by atoms with Crippen LogP contribution in [0.15, 0.2) is 12.4 Å². The molecule has 4 rings (SSSR count). The topological polar surface area (TPSA) is 41.0 Å². The van der Waals surface area contributed by atoms with E-state index in [4.69, 9.17) is 0 Å². The summed E-state index contributed by atoms with van der Waals surface area (Å²) in [5.41, 5.74) is 0. The van der Waals surface area contributed by atoms with Crippen molar-refractivity contribution in [3.05, 3.63) is 17.3 Å². The molecule has 0 aromatic carbocycles. The van der Waals surface area contributed by atoms with Gasteiger partial charge < -0.3 is 10.2 Å². The lowest BCUT2D eigenvalue weighted by molar-refractivity contribution is 0.221. The molecule has 0 amide bonds. The lowest BCUT2D eigenvalue weighted by atomic mass is 9.90. The third kappa shape index (κ3) is 2.84. The van der Waals surface area contributed by atoms with Crippen LogP contribution in [0.3, 0.4) is 0 Å². The van der Waals surface area contributed by atoms with Gasteiger partial charge in [-0.15, -0.1) is 11.3 Å². The minimum atomic E-state index is 0.554. The zero-order chi connectivity index (χ0) is 15.1. The van der Waals surface area contributed by atoms with Gasteiger partial charge in [-0.1, -0.05) is 0 Å². The van der Waals surface area contributed by atoms with E-state index in [1.807, 2.05) is 11.3 Å². The fraction of sp³-hybridized carbons (Fsp3) is 0.647. The van der Waals surface area contributed by atoms with Crippen LogP contribution in [0.5, 0.6) is 0 Å². The van der Waals surface area contributed by atoms with Crippen molar-refractivity contribution in [1.29, 1.82) is 0 Å². The summed E-state index contributed by atoms with van der Waals surface area (Å²) in [5, 5.41) is 4.92. The molecule has 0 radical (unpaired) electrons. The monoisotopic (exact) mass is 316 g/mol. The van der Waals surface area contributed by atoms with E-state index < -0.39 is 0 Å². The summed E-state index contributed by atoms with van der Waals surface area (Å²) < 4.78 is 0. The molecule has 5 heteroatoms. The summed E-state index contributed by atoms with van der Waals surface area (Å²) in [6.45, 7) is 0. The van der Waals surface area contributed by atoms with Gasteiger partial charge in [-0.05, 0) is 64.6 Å². The van der Waals surface area contributed by atoms with Crippen LogP contribution in [0.2, 0.25) is 0 Å². The Morgan fingerprint density at radius 3 is 2.55 bits per heavy atom. The molecule has 4 nitrogen and oxygen atoms in total. The van der Waals surface area contributed by atoms with Gasteiger partial charge in [0.15, 0.2) is 0 Å². The van der Waals surface area contributed by atoms with Crippen LogP contribution in [0, 0.1) is 0 Å². The molecule has 2 fully saturated rings. The zero-order valence-electron chi connectivity index (χ0n) is 13.4. The van der Waals surface area contributed by atoms with Gasteiger partial charge in [-0.3, -0.25) is 0 Å². The first-order valence-electron chi connectivity index (χ1n) is 8.38.